The lowest BCUT2D eigenvalue weighted by Gasteiger charge is -2.26. The number of rotatable bonds is 5. The Balaban J connectivity index is 1.94. The van der Waals surface area contributed by atoms with Crippen molar-refractivity contribution in [3.05, 3.63) is 16.1 Å². The van der Waals surface area contributed by atoms with Gasteiger partial charge in [-0.05, 0) is 25.3 Å². The maximum Gasteiger partial charge on any atom is 0.0959 e. The predicted molar refractivity (Wildman–Crippen MR) is 74.5 cm³/mol. The second-order valence-electron chi connectivity index (χ2n) is 5.08. The van der Waals surface area contributed by atoms with Crippen LogP contribution in [0.2, 0.25) is 0 Å². The van der Waals surface area contributed by atoms with Crippen LogP contribution in [0.15, 0.2) is 6.20 Å². The summed E-state index contributed by atoms with van der Waals surface area (Å²) in [5.41, 5.74) is 0. The van der Waals surface area contributed by atoms with Crippen molar-refractivity contribution in [3.63, 3.8) is 0 Å². The van der Waals surface area contributed by atoms with Gasteiger partial charge in [0.15, 0.2) is 0 Å². The van der Waals surface area contributed by atoms with Gasteiger partial charge in [-0.2, -0.15) is 0 Å². The van der Waals surface area contributed by atoms with Gasteiger partial charge in [-0.25, -0.2) is 4.98 Å². The molecule has 1 aromatic heterocycles. The molecule has 1 aliphatic carbocycles. The van der Waals surface area contributed by atoms with Crippen LogP contribution in [-0.2, 0) is 6.54 Å². The molecule has 2 unspecified atom stereocenters. The van der Waals surface area contributed by atoms with Gasteiger partial charge in [0.2, 0.25) is 0 Å². The van der Waals surface area contributed by atoms with Crippen molar-refractivity contribution < 1.29 is 0 Å². The van der Waals surface area contributed by atoms with Crippen molar-refractivity contribution in [1.82, 2.24) is 10.3 Å². The molecule has 0 aliphatic heterocycles. The molecule has 17 heavy (non-hydrogen) atoms. The second kappa shape index (κ2) is 6.50. The lowest BCUT2D eigenvalue weighted by molar-refractivity contribution is 0.314. The molecular weight excluding hydrogens is 228 g/mol. The molecular formula is C14H24N2S. The minimum atomic E-state index is 0.745. The Morgan fingerprint density at radius 2 is 2.29 bits per heavy atom. The molecule has 0 spiro atoms. The van der Waals surface area contributed by atoms with Crippen molar-refractivity contribution >= 4 is 11.3 Å². The van der Waals surface area contributed by atoms with Gasteiger partial charge in [0.05, 0.1) is 5.01 Å². The summed E-state index contributed by atoms with van der Waals surface area (Å²) in [6, 6.07) is 0. The van der Waals surface area contributed by atoms with Crippen molar-refractivity contribution in [1.29, 1.82) is 0 Å². The Morgan fingerprint density at radius 3 is 3.06 bits per heavy atom. The number of nitrogens with one attached hydrogen (secondary N) is 1. The highest BCUT2D eigenvalue weighted by atomic mass is 32.1. The predicted octanol–water partition coefficient (Wildman–Crippen LogP) is 3.94. The molecule has 2 nitrogen and oxygen atoms in total. The van der Waals surface area contributed by atoms with E-state index in [1.54, 1.807) is 0 Å². The summed E-state index contributed by atoms with van der Waals surface area (Å²) >= 11 is 1.92. The molecule has 1 aromatic rings. The summed E-state index contributed by atoms with van der Waals surface area (Å²) < 4.78 is 0. The number of thiazole rings is 1. The quantitative estimate of drug-likeness (QED) is 0.858. The first-order valence-electron chi connectivity index (χ1n) is 6.98. The molecule has 1 heterocycles. The fourth-order valence-electron chi connectivity index (χ4n) is 2.73. The lowest BCUT2D eigenvalue weighted by Crippen LogP contribution is -2.13. The average Bonchev–Trinajstić information content (AvgIpc) is 2.85. The van der Waals surface area contributed by atoms with Crippen LogP contribution in [0.5, 0.6) is 0 Å². The zero-order valence-corrected chi connectivity index (χ0v) is 11.9. The van der Waals surface area contributed by atoms with Crippen molar-refractivity contribution in [2.45, 2.75) is 58.4 Å². The summed E-state index contributed by atoms with van der Waals surface area (Å²) in [6.07, 6.45) is 8.95. The van der Waals surface area contributed by atoms with E-state index in [-0.39, 0.29) is 0 Å². The smallest absolute Gasteiger partial charge is 0.0959 e. The van der Waals surface area contributed by atoms with Gasteiger partial charge in [-0.1, -0.05) is 33.1 Å². The third-order valence-electron chi connectivity index (χ3n) is 3.83. The van der Waals surface area contributed by atoms with E-state index in [4.69, 9.17) is 0 Å². The minimum Gasteiger partial charge on any atom is -0.312 e. The summed E-state index contributed by atoms with van der Waals surface area (Å²) in [5, 5.41) is 4.76. The monoisotopic (exact) mass is 252 g/mol. The zero-order chi connectivity index (χ0) is 12.1. The largest absolute Gasteiger partial charge is 0.312 e. The highest BCUT2D eigenvalue weighted by molar-refractivity contribution is 7.11. The van der Waals surface area contributed by atoms with Crippen LogP contribution in [0.4, 0.5) is 0 Å². The van der Waals surface area contributed by atoms with E-state index in [0.29, 0.717) is 0 Å². The van der Waals surface area contributed by atoms with Crippen LogP contribution in [0.3, 0.4) is 0 Å². The Hall–Kier alpha value is -0.410. The summed E-state index contributed by atoms with van der Waals surface area (Å²) in [6.45, 7) is 6.49. The Bertz CT molecular complexity index is 335. The second-order valence-corrected chi connectivity index (χ2v) is 6.23. The van der Waals surface area contributed by atoms with Gasteiger partial charge < -0.3 is 5.32 Å². The molecule has 0 saturated heterocycles. The van der Waals surface area contributed by atoms with Crippen molar-refractivity contribution in [2.75, 3.05) is 6.54 Å². The molecule has 1 fully saturated rings. The van der Waals surface area contributed by atoms with Gasteiger partial charge in [-0.15, -0.1) is 11.3 Å². The number of hydrogen-bond donors (Lipinski definition) is 1. The molecule has 96 valence electrons. The third-order valence-corrected chi connectivity index (χ3v) is 4.99. The molecule has 1 saturated carbocycles. The molecule has 0 radical (unpaired) electrons. The van der Waals surface area contributed by atoms with Gasteiger partial charge in [0, 0.05) is 23.5 Å². The van der Waals surface area contributed by atoms with E-state index in [1.807, 2.05) is 11.3 Å². The van der Waals surface area contributed by atoms with Crippen molar-refractivity contribution in [3.8, 4) is 0 Å². The molecule has 1 N–H and O–H groups in total. The fraction of sp³-hybridized carbons (Fsp3) is 0.786. The van der Waals surface area contributed by atoms with Gasteiger partial charge in [0.25, 0.3) is 0 Å². The number of aromatic nitrogens is 1. The van der Waals surface area contributed by atoms with Crippen LogP contribution in [-0.4, -0.2) is 11.5 Å². The first kappa shape index (κ1) is 13.0. The van der Waals surface area contributed by atoms with Crippen LogP contribution in [0.25, 0.3) is 0 Å². The SMILES string of the molecule is CCNCc1cnc(C2CCCC(CC)C2)s1. The van der Waals surface area contributed by atoms with Crippen LogP contribution >= 0.6 is 11.3 Å². The Labute approximate surface area is 109 Å². The van der Waals surface area contributed by atoms with Gasteiger partial charge >= 0.3 is 0 Å². The van der Waals surface area contributed by atoms with E-state index in [9.17, 15) is 0 Å². The summed E-state index contributed by atoms with van der Waals surface area (Å²) in [4.78, 5) is 6.03. The first-order valence-corrected chi connectivity index (χ1v) is 7.80. The van der Waals surface area contributed by atoms with E-state index in [1.165, 1.54) is 42.0 Å². The molecule has 1 aliphatic rings. The lowest BCUT2D eigenvalue weighted by atomic mass is 9.80. The first-order chi connectivity index (χ1) is 8.33. The van der Waals surface area contributed by atoms with Crippen LogP contribution in [0.1, 0.15) is 61.8 Å². The van der Waals surface area contributed by atoms with Crippen LogP contribution in [0, 0.1) is 5.92 Å². The molecule has 0 amide bonds. The normalized spacial score (nSPS) is 25.1. The van der Waals surface area contributed by atoms with E-state index >= 15 is 0 Å². The highest BCUT2D eigenvalue weighted by Crippen LogP contribution is 2.38. The summed E-state index contributed by atoms with van der Waals surface area (Å²) in [5.74, 6) is 1.68. The van der Waals surface area contributed by atoms with E-state index in [0.717, 1.165) is 24.9 Å². The molecule has 2 atom stereocenters. The Morgan fingerprint density at radius 1 is 1.41 bits per heavy atom. The van der Waals surface area contributed by atoms with E-state index < -0.39 is 0 Å². The fourth-order valence-corrected chi connectivity index (χ4v) is 3.76. The topological polar surface area (TPSA) is 24.9 Å². The number of hydrogen-bond acceptors (Lipinski definition) is 3. The maximum absolute atomic E-state index is 4.64. The molecule has 0 bridgehead atoms. The van der Waals surface area contributed by atoms with Crippen LogP contribution < -0.4 is 5.32 Å². The minimum absolute atomic E-state index is 0.745. The third kappa shape index (κ3) is 3.52. The van der Waals surface area contributed by atoms with E-state index in [2.05, 4.69) is 30.3 Å². The summed E-state index contributed by atoms with van der Waals surface area (Å²) in [7, 11) is 0. The molecule has 2 rings (SSSR count). The maximum atomic E-state index is 4.64. The average molecular weight is 252 g/mol. The zero-order valence-electron chi connectivity index (χ0n) is 11.0. The van der Waals surface area contributed by atoms with Gasteiger partial charge in [-0.3, -0.25) is 0 Å². The molecule has 0 aromatic carbocycles. The highest BCUT2D eigenvalue weighted by Gasteiger charge is 2.24. The number of nitrogens with zero attached hydrogens (tertiary/aromatic N) is 1. The van der Waals surface area contributed by atoms with Crippen molar-refractivity contribution in [2.24, 2.45) is 5.92 Å². The van der Waals surface area contributed by atoms with Gasteiger partial charge in [0.1, 0.15) is 0 Å². The molecule has 3 heteroatoms. The standard InChI is InChI=1S/C14H24N2S/c1-3-11-6-5-7-12(8-11)14-16-10-13(17-14)9-15-4-2/h10-12,15H,3-9H2,1-2H3. The Kier molecular flexibility index (Phi) is 4.99.